The van der Waals surface area contributed by atoms with Crippen molar-refractivity contribution in [1.82, 2.24) is 4.98 Å². The predicted octanol–water partition coefficient (Wildman–Crippen LogP) is 2.34. The number of hydrogen-bond donors (Lipinski definition) is 1. The number of pyridine rings is 1. The lowest BCUT2D eigenvalue weighted by atomic mass is 9.86. The van der Waals surface area contributed by atoms with Gasteiger partial charge in [-0.1, -0.05) is 24.3 Å². The average molecular weight is 224 g/mol. The molecule has 3 rings (SSSR count). The molecule has 0 radical (unpaired) electrons. The zero-order valence-corrected chi connectivity index (χ0v) is 9.98. The molecule has 0 saturated carbocycles. The Morgan fingerprint density at radius 2 is 1.76 bits per heavy atom. The van der Waals surface area contributed by atoms with Crippen molar-refractivity contribution in [3.05, 3.63) is 65.0 Å². The molecule has 0 amide bonds. The van der Waals surface area contributed by atoms with Crippen LogP contribution in [0.5, 0.6) is 0 Å². The first kappa shape index (κ1) is 10.5. The maximum atomic E-state index is 6.59. The highest BCUT2D eigenvalue weighted by Gasteiger charge is 2.35. The molecule has 0 unspecified atom stereocenters. The molecular weight excluding hydrogens is 208 g/mol. The SMILES string of the molecule is Cc1ccncc1C1(N)Cc2ccccc2C1. The maximum Gasteiger partial charge on any atom is 0.0509 e. The van der Waals surface area contributed by atoms with E-state index in [4.69, 9.17) is 5.73 Å². The van der Waals surface area contributed by atoms with Crippen molar-refractivity contribution < 1.29 is 0 Å². The molecule has 1 aromatic heterocycles. The lowest BCUT2D eigenvalue weighted by molar-refractivity contribution is 0.468. The number of nitrogens with two attached hydrogens (primary N) is 1. The Bertz CT molecular complexity index is 535. The summed E-state index contributed by atoms with van der Waals surface area (Å²) in [6.07, 6.45) is 5.57. The molecule has 0 spiro atoms. The van der Waals surface area contributed by atoms with Crippen molar-refractivity contribution >= 4 is 0 Å². The topological polar surface area (TPSA) is 38.9 Å². The monoisotopic (exact) mass is 224 g/mol. The quantitative estimate of drug-likeness (QED) is 0.807. The Labute approximate surface area is 102 Å². The minimum atomic E-state index is -0.276. The Balaban J connectivity index is 2.05. The summed E-state index contributed by atoms with van der Waals surface area (Å²) in [4.78, 5) is 4.22. The molecule has 0 aliphatic heterocycles. The molecule has 1 aliphatic rings. The summed E-state index contributed by atoms with van der Waals surface area (Å²) in [5.74, 6) is 0. The van der Waals surface area contributed by atoms with Crippen LogP contribution in [0.1, 0.15) is 22.3 Å². The molecule has 86 valence electrons. The molecule has 0 saturated heterocycles. The van der Waals surface area contributed by atoms with Crippen LogP contribution in [0, 0.1) is 6.92 Å². The van der Waals surface area contributed by atoms with Gasteiger partial charge in [0.2, 0.25) is 0 Å². The summed E-state index contributed by atoms with van der Waals surface area (Å²) < 4.78 is 0. The molecule has 2 heteroatoms. The average Bonchev–Trinajstić information content (AvgIpc) is 2.66. The summed E-state index contributed by atoms with van der Waals surface area (Å²) in [6, 6.07) is 10.6. The van der Waals surface area contributed by atoms with Gasteiger partial charge in [0.25, 0.3) is 0 Å². The van der Waals surface area contributed by atoms with Gasteiger partial charge in [-0.05, 0) is 48.1 Å². The van der Waals surface area contributed by atoms with Crippen molar-refractivity contribution in [2.24, 2.45) is 5.73 Å². The van der Waals surface area contributed by atoms with E-state index in [9.17, 15) is 0 Å². The van der Waals surface area contributed by atoms with Crippen molar-refractivity contribution in [3.63, 3.8) is 0 Å². The fourth-order valence-corrected chi connectivity index (χ4v) is 2.82. The molecule has 1 heterocycles. The first-order valence-electron chi connectivity index (χ1n) is 5.96. The standard InChI is InChI=1S/C15H16N2/c1-11-6-7-17-10-14(11)15(16)8-12-4-2-3-5-13(12)9-15/h2-7,10H,8-9,16H2,1H3. The van der Waals surface area contributed by atoms with Crippen LogP contribution in [0.2, 0.25) is 0 Å². The summed E-state index contributed by atoms with van der Waals surface area (Å²) in [5, 5.41) is 0. The van der Waals surface area contributed by atoms with Crippen molar-refractivity contribution in [2.75, 3.05) is 0 Å². The highest BCUT2D eigenvalue weighted by molar-refractivity contribution is 5.42. The van der Waals surface area contributed by atoms with Crippen LogP contribution < -0.4 is 5.73 Å². The van der Waals surface area contributed by atoms with E-state index in [1.165, 1.54) is 22.3 Å². The van der Waals surface area contributed by atoms with E-state index in [0.29, 0.717) is 0 Å². The van der Waals surface area contributed by atoms with E-state index in [-0.39, 0.29) is 5.54 Å². The van der Waals surface area contributed by atoms with Gasteiger partial charge in [0, 0.05) is 12.4 Å². The highest BCUT2D eigenvalue weighted by atomic mass is 14.8. The number of hydrogen-bond acceptors (Lipinski definition) is 2. The Hall–Kier alpha value is -1.67. The molecule has 17 heavy (non-hydrogen) atoms. The van der Waals surface area contributed by atoms with E-state index in [1.54, 1.807) is 0 Å². The number of benzene rings is 1. The second-order valence-corrected chi connectivity index (χ2v) is 4.97. The van der Waals surface area contributed by atoms with E-state index >= 15 is 0 Å². The minimum Gasteiger partial charge on any atom is -0.321 e. The number of nitrogens with zero attached hydrogens (tertiary/aromatic N) is 1. The van der Waals surface area contributed by atoms with Crippen LogP contribution >= 0.6 is 0 Å². The number of rotatable bonds is 1. The zero-order chi connectivity index (χ0) is 11.9. The molecule has 0 bridgehead atoms. The Morgan fingerprint density at radius 1 is 1.12 bits per heavy atom. The molecule has 1 aliphatic carbocycles. The van der Waals surface area contributed by atoms with Crippen LogP contribution in [0.4, 0.5) is 0 Å². The predicted molar refractivity (Wildman–Crippen MR) is 68.7 cm³/mol. The van der Waals surface area contributed by atoms with Crippen molar-refractivity contribution in [3.8, 4) is 0 Å². The first-order valence-corrected chi connectivity index (χ1v) is 5.96. The Morgan fingerprint density at radius 3 is 2.35 bits per heavy atom. The van der Waals surface area contributed by atoms with Gasteiger partial charge in [0.1, 0.15) is 0 Å². The molecular formula is C15H16N2. The second kappa shape index (κ2) is 3.67. The van der Waals surface area contributed by atoms with E-state index in [1.807, 2.05) is 18.5 Å². The van der Waals surface area contributed by atoms with E-state index in [2.05, 4.69) is 36.2 Å². The summed E-state index contributed by atoms with van der Waals surface area (Å²) in [5.41, 5.74) is 11.5. The van der Waals surface area contributed by atoms with Crippen LogP contribution in [0.15, 0.2) is 42.7 Å². The third-order valence-electron chi connectivity index (χ3n) is 3.71. The molecule has 2 N–H and O–H groups in total. The fourth-order valence-electron chi connectivity index (χ4n) is 2.82. The second-order valence-electron chi connectivity index (χ2n) is 4.97. The van der Waals surface area contributed by atoms with Gasteiger partial charge in [-0.3, -0.25) is 4.98 Å². The summed E-state index contributed by atoms with van der Waals surface area (Å²) >= 11 is 0. The van der Waals surface area contributed by atoms with E-state index in [0.717, 1.165) is 12.8 Å². The van der Waals surface area contributed by atoms with Crippen molar-refractivity contribution in [2.45, 2.75) is 25.3 Å². The molecule has 2 aromatic rings. The molecule has 2 nitrogen and oxygen atoms in total. The summed E-state index contributed by atoms with van der Waals surface area (Å²) in [6.45, 7) is 2.11. The lowest BCUT2D eigenvalue weighted by Gasteiger charge is -2.25. The van der Waals surface area contributed by atoms with Gasteiger partial charge in [-0.2, -0.15) is 0 Å². The van der Waals surface area contributed by atoms with Gasteiger partial charge in [-0.25, -0.2) is 0 Å². The molecule has 0 fully saturated rings. The maximum absolute atomic E-state index is 6.59. The third-order valence-corrected chi connectivity index (χ3v) is 3.71. The van der Waals surface area contributed by atoms with Gasteiger partial charge in [0.05, 0.1) is 5.54 Å². The number of aromatic nitrogens is 1. The normalized spacial score (nSPS) is 16.8. The van der Waals surface area contributed by atoms with Crippen LogP contribution in [-0.2, 0) is 18.4 Å². The van der Waals surface area contributed by atoms with Gasteiger partial charge in [0.15, 0.2) is 0 Å². The zero-order valence-electron chi connectivity index (χ0n) is 9.98. The molecule has 1 aromatic carbocycles. The van der Waals surface area contributed by atoms with Crippen LogP contribution in [0.25, 0.3) is 0 Å². The lowest BCUT2D eigenvalue weighted by Crippen LogP contribution is -2.38. The van der Waals surface area contributed by atoms with Crippen LogP contribution in [0.3, 0.4) is 0 Å². The number of aryl methyl sites for hydroxylation is 1. The molecule has 0 atom stereocenters. The third kappa shape index (κ3) is 1.65. The van der Waals surface area contributed by atoms with Gasteiger partial charge in [-0.15, -0.1) is 0 Å². The van der Waals surface area contributed by atoms with Crippen molar-refractivity contribution in [1.29, 1.82) is 0 Å². The largest absolute Gasteiger partial charge is 0.321 e. The minimum absolute atomic E-state index is 0.276. The Kier molecular flexibility index (Phi) is 2.26. The highest BCUT2D eigenvalue weighted by Crippen LogP contribution is 2.36. The van der Waals surface area contributed by atoms with Gasteiger partial charge >= 0.3 is 0 Å². The first-order chi connectivity index (χ1) is 8.19. The van der Waals surface area contributed by atoms with E-state index < -0.39 is 0 Å². The smallest absolute Gasteiger partial charge is 0.0509 e. The van der Waals surface area contributed by atoms with Crippen LogP contribution in [-0.4, -0.2) is 4.98 Å². The van der Waals surface area contributed by atoms with Gasteiger partial charge < -0.3 is 5.73 Å². The summed E-state index contributed by atoms with van der Waals surface area (Å²) in [7, 11) is 0. The number of fused-ring (bicyclic) bond motifs is 1. The fraction of sp³-hybridized carbons (Fsp3) is 0.267.